The SMILES string of the molecule is COc1cc(Br)cc(OC)c1B(O)O. The molecular formula is C8H10BBrO4. The molecule has 0 spiro atoms. The van der Waals surface area contributed by atoms with Crippen LogP contribution in [-0.2, 0) is 0 Å². The molecule has 0 saturated carbocycles. The Hall–Kier alpha value is -0.715. The number of hydrogen-bond acceptors (Lipinski definition) is 4. The summed E-state index contributed by atoms with van der Waals surface area (Å²) >= 11 is 3.25. The maximum absolute atomic E-state index is 9.12. The summed E-state index contributed by atoms with van der Waals surface area (Å²) in [5.74, 6) is 0.734. The van der Waals surface area contributed by atoms with Gasteiger partial charge in [-0.2, -0.15) is 0 Å². The van der Waals surface area contributed by atoms with Crippen molar-refractivity contribution < 1.29 is 19.5 Å². The highest BCUT2D eigenvalue weighted by Gasteiger charge is 2.23. The van der Waals surface area contributed by atoms with Crippen LogP contribution in [0.5, 0.6) is 11.5 Å². The quantitative estimate of drug-likeness (QED) is 0.760. The molecule has 14 heavy (non-hydrogen) atoms. The van der Waals surface area contributed by atoms with Gasteiger partial charge in [-0.15, -0.1) is 0 Å². The van der Waals surface area contributed by atoms with Crippen LogP contribution < -0.4 is 14.9 Å². The third-order valence-electron chi connectivity index (χ3n) is 1.77. The predicted octanol–water partition coefficient (Wildman–Crippen LogP) is 0.146. The summed E-state index contributed by atoms with van der Waals surface area (Å²) in [6.45, 7) is 0. The fourth-order valence-corrected chi connectivity index (χ4v) is 1.58. The summed E-state index contributed by atoms with van der Waals surface area (Å²) in [6, 6.07) is 3.27. The van der Waals surface area contributed by atoms with Crippen LogP contribution in [0.4, 0.5) is 0 Å². The number of halogens is 1. The number of hydrogen-bond donors (Lipinski definition) is 2. The van der Waals surface area contributed by atoms with Gasteiger partial charge < -0.3 is 19.5 Å². The molecule has 4 nitrogen and oxygen atoms in total. The van der Waals surface area contributed by atoms with Gasteiger partial charge in [0, 0.05) is 4.47 Å². The third-order valence-corrected chi connectivity index (χ3v) is 2.22. The van der Waals surface area contributed by atoms with Crippen molar-refractivity contribution >= 4 is 28.5 Å². The molecule has 0 radical (unpaired) electrons. The Labute approximate surface area is 90.7 Å². The molecule has 0 atom stereocenters. The van der Waals surface area contributed by atoms with Crippen LogP contribution in [0.3, 0.4) is 0 Å². The maximum atomic E-state index is 9.12. The van der Waals surface area contributed by atoms with E-state index in [4.69, 9.17) is 19.5 Å². The molecule has 76 valence electrons. The van der Waals surface area contributed by atoms with Crippen LogP contribution in [0.2, 0.25) is 0 Å². The summed E-state index contributed by atoms with van der Waals surface area (Å²) in [5, 5.41) is 18.2. The highest BCUT2D eigenvalue weighted by Crippen LogP contribution is 2.23. The molecule has 0 heterocycles. The Kier molecular flexibility index (Phi) is 3.80. The maximum Gasteiger partial charge on any atom is 0.496 e. The second kappa shape index (κ2) is 4.68. The average Bonchev–Trinajstić information content (AvgIpc) is 2.15. The largest absolute Gasteiger partial charge is 0.497 e. The van der Waals surface area contributed by atoms with Crippen LogP contribution in [0.25, 0.3) is 0 Å². The van der Waals surface area contributed by atoms with Crippen molar-refractivity contribution in [2.75, 3.05) is 14.2 Å². The van der Waals surface area contributed by atoms with E-state index in [0.717, 1.165) is 4.47 Å². The van der Waals surface area contributed by atoms with Gasteiger partial charge in [0.2, 0.25) is 0 Å². The van der Waals surface area contributed by atoms with Gasteiger partial charge in [0.05, 0.1) is 19.7 Å². The van der Waals surface area contributed by atoms with Gasteiger partial charge in [-0.3, -0.25) is 0 Å². The minimum atomic E-state index is -1.62. The highest BCUT2D eigenvalue weighted by atomic mass is 79.9. The minimum Gasteiger partial charge on any atom is -0.497 e. The lowest BCUT2D eigenvalue weighted by Crippen LogP contribution is -2.32. The van der Waals surface area contributed by atoms with E-state index in [1.165, 1.54) is 14.2 Å². The molecule has 0 aromatic heterocycles. The van der Waals surface area contributed by atoms with Crippen molar-refractivity contribution in [3.05, 3.63) is 16.6 Å². The van der Waals surface area contributed by atoms with Crippen molar-refractivity contribution in [1.82, 2.24) is 0 Å². The molecule has 0 saturated heterocycles. The van der Waals surface area contributed by atoms with E-state index in [0.29, 0.717) is 11.5 Å². The zero-order valence-electron chi connectivity index (χ0n) is 7.82. The van der Waals surface area contributed by atoms with Gasteiger partial charge in [-0.25, -0.2) is 0 Å². The smallest absolute Gasteiger partial charge is 0.496 e. The standard InChI is InChI=1S/C8H10BBrO4/c1-13-6-3-5(10)4-7(14-2)8(6)9(11)12/h3-4,11-12H,1-2H3. The molecule has 0 fully saturated rings. The molecule has 1 rings (SSSR count). The lowest BCUT2D eigenvalue weighted by molar-refractivity contribution is 0.385. The van der Waals surface area contributed by atoms with Crippen LogP contribution in [0, 0.1) is 0 Å². The summed E-state index contributed by atoms with van der Waals surface area (Å²) < 4.78 is 10.7. The van der Waals surface area contributed by atoms with Crippen molar-refractivity contribution in [3.8, 4) is 11.5 Å². The second-order valence-corrected chi connectivity index (χ2v) is 3.51. The molecule has 1 aromatic carbocycles. The van der Waals surface area contributed by atoms with E-state index in [2.05, 4.69) is 15.9 Å². The average molecular weight is 261 g/mol. The monoisotopic (exact) mass is 260 g/mol. The Bertz CT molecular complexity index is 304. The van der Waals surface area contributed by atoms with E-state index >= 15 is 0 Å². The van der Waals surface area contributed by atoms with Gasteiger partial charge in [0.15, 0.2) is 0 Å². The molecule has 0 aliphatic rings. The van der Waals surface area contributed by atoms with Crippen molar-refractivity contribution in [3.63, 3.8) is 0 Å². The molecule has 1 aromatic rings. The molecule has 0 aliphatic carbocycles. The van der Waals surface area contributed by atoms with Gasteiger partial charge in [0.25, 0.3) is 0 Å². The summed E-state index contributed by atoms with van der Waals surface area (Å²) in [5.41, 5.74) is 0.221. The zero-order valence-corrected chi connectivity index (χ0v) is 9.41. The van der Waals surface area contributed by atoms with Crippen LogP contribution in [0.15, 0.2) is 16.6 Å². The number of rotatable bonds is 3. The molecule has 0 amide bonds. The first kappa shape index (κ1) is 11.4. The van der Waals surface area contributed by atoms with E-state index in [1.807, 2.05) is 0 Å². The minimum absolute atomic E-state index is 0.221. The predicted molar refractivity (Wildman–Crippen MR) is 57.1 cm³/mol. The molecule has 6 heteroatoms. The summed E-state index contributed by atoms with van der Waals surface area (Å²) in [4.78, 5) is 0. The Morgan fingerprint density at radius 3 is 1.86 bits per heavy atom. The first-order chi connectivity index (χ1) is 6.60. The Morgan fingerprint density at radius 1 is 1.14 bits per heavy atom. The molecule has 0 aliphatic heterocycles. The second-order valence-electron chi connectivity index (χ2n) is 2.60. The van der Waals surface area contributed by atoms with Gasteiger partial charge in [-0.1, -0.05) is 15.9 Å². The van der Waals surface area contributed by atoms with Crippen molar-refractivity contribution in [1.29, 1.82) is 0 Å². The van der Waals surface area contributed by atoms with E-state index in [9.17, 15) is 0 Å². The fraction of sp³-hybridized carbons (Fsp3) is 0.250. The normalized spacial score (nSPS) is 9.79. The Morgan fingerprint density at radius 2 is 1.57 bits per heavy atom. The summed E-state index contributed by atoms with van der Waals surface area (Å²) in [6.07, 6.45) is 0. The topological polar surface area (TPSA) is 58.9 Å². The molecule has 0 bridgehead atoms. The third kappa shape index (κ3) is 2.20. The zero-order chi connectivity index (χ0) is 10.7. The molecule has 2 N–H and O–H groups in total. The lowest BCUT2D eigenvalue weighted by atomic mass is 9.78. The van der Waals surface area contributed by atoms with Crippen LogP contribution >= 0.6 is 15.9 Å². The Balaban J connectivity index is 3.33. The van der Waals surface area contributed by atoms with Gasteiger partial charge >= 0.3 is 7.12 Å². The van der Waals surface area contributed by atoms with Crippen molar-refractivity contribution in [2.45, 2.75) is 0 Å². The number of benzene rings is 1. The van der Waals surface area contributed by atoms with Crippen molar-refractivity contribution in [2.24, 2.45) is 0 Å². The lowest BCUT2D eigenvalue weighted by Gasteiger charge is -2.12. The van der Waals surface area contributed by atoms with Crippen LogP contribution in [0.1, 0.15) is 0 Å². The number of ether oxygens (including phenoxy) is 2. The van der Waals surface area contributed by atoms with E-state index in [1.54, 1.807) is 12.1 Å². The van der Waals surface area contributed by atoms with E-state index < -0.39 is 7.12 Å². The fourth-order valence-electron chi connectivity index (χ4n) is 1.16. The van der Waals surface area contributed by atoms with Crippen LogP contribution in [-0.4, -0.2) is 31.4 Å². The highest BCUT2D eigenvalue weighted by molar-refractivity contribution is 9.10. The number of methoxy groups -OCH3 is 2. The first-order valence-electron chi connectivity index (χ1n) is 3.87. The first-order valence-corrected chi connectivity index (χ1v) is 4.67. The molecular weight excluding hydrogens is 251 g/mol. The summed E-state index contributed by atoms with van der Waals surface area (Å²) in [7, 11) is 1.29. The van der Waals surface area contributed by atoms with Gasteiger partial charge in [0.1, 0.15) is 11.5 Å². The molecule has 0 unspecified atom stereocenters. The van der Waals surface area contributed by atoms with Gasteiger partial charge in [-0.05, 0) is 12.1 Å². The van der Waals surface area contributed by atoms with E-state index in [-0.39, 0.29) is 5.46 Å².